The van der Waals surface area contributed by atoms with Crippen LogP contribution >= 0.6 is 0 Å². The van der Waals surface area contributed by atoms with Gasteiger partial charge in [-0.2, -0.15) is 0 Å². The van der Waals surface area contributed by atoms with Gasteiger partial charge in [-0.1, -0.05) is 19.1 Å². The first-order valence-corrected chi connectivity index (χ1v) is 10.3. The highest BCUT2D eigenvalue weighted by molar-refractivity contribution is 5.94. The van der Waals surface area contributed by atoms with Crippen molar-refractivity contribution in [2.75, 3.05) is 45.8 Å². The van der Waals surface area contributed by atoms with Gasteiger partial charge in [-0.25, -0.2) is 4.79 Å². The Balaban J connectivity index is 1.37. The zero-order valence-electron chi connectivity index (χ0n) is 16.7. The molecule has 2 fully saturated rings. The summed E-state index contributed by atoms with van der Waals surface area (Å²) in [6.07, 6.45) is 3.31. The van der Waals surface area contributed by atoms with Crippen molar-refractivity contribution in [2.24, 2.45) is 0 Å². The average molecular weight is 386 g/mol. The zero-order chi connectivity index (χ0) is 19.9. The first-order chi connectivity index (χ1) is 13.6. The van der Waals surface area contributed by atoms with Crippen LogP contribution in [0.4, 0.5) is 4.79 Å². The van der Waals surface area contributed by atoms with Crippen LogP contribution in [0.5, 0.6) is 0 Å². The molecule has 2 saturated heterocycles. The Labute approximate surface area is 166 Å². The first-order valence-electron chi connectivity index (χ1n) is 10.3. The Morgan fingerprint density at radius 3 is 2.29 bits per heavy atom. The van der Waals surface area contributed by atoms with E-state index in [1.807, 2.05) is 34.1 Å². The molecule has 3 rings (SSSR count). The van der Waals surface area contributed by atoms with Gasteiger partial charge >= 0.3 is 6.03 Å². The number of amides is 4. The molecule has 0 spiro atoms. The zero-order valence-corrected chi connectivity index (χ0v) is 16.7. The molecule has 152 valence electrons. The van der Waals surface area contributed by atoms with Gasteiger partial charge in [-0.15, -0.1) is 0 Å². The Morgan fingerprint density at radius 2 is 1.68 bits per heavy atom. The monoisotopic (exact) mass is 386 g/mol. The van der Waals surface area contributed by atoms with Gasteiger partial charge in [0.2, 0.25) is 5.91 Å². The summed E-state index contributed by atoms with van der Waals surface area (Å²) in [7, 11) is 0. The van der Waals surface area contributed by atoms with Crippen LogP contribution in [0.15, 0.2) is 24.3 Å². The second-order valence-corrected chi connectivity index (χ2v) is 7.40. The molecule has 1 aromatic rings. The van der Waals surface area contributed by atoms with Gasteiger partial charge < -0.3 is 20.0 Å². The summed E-state index contributed by atoms with van der Waals surface area (Å²) in [6.45, 7) is 6.36. The lowest BCUT2D eigenvalue weighted by Crippen LogP contribution is -2.53. The molecule has 0 aliphatic carbocycles. The fourth-order valence-electron chi connectivity index (χ4n) is 3.70. The van der Waals surface area contributed by atoms with E-state index in [9.17, 15) is 14.4 Å². The van der Waals surface area contributed by atoms with Gasteiger partial charge in [0.25, 0.3) is 5.91 Å². The van der Waals surface area contributed by atoms with Crippen molar-refractivity contribution in [3.05, 3.63) is 35.4 Å². The Bertz CT molecular complexity index is 696. The molecular formula is C21H30N4O3. The number of nitrogens with zero attached hydrogens (tertiary/aromatic N) is 3. The number of hydrogen-bond acceptors (Lipinski definition) is 3. The van der Waals surface area contributed by atoms with Crippen molar-refractivity contribution in [3.8, 4) is 0 Å². The van der Waals surface area contributed by atoms with Gasteiger partial charge in [-0.05, 0) is 37.0 Å². The smallest absolute Gasteiger partial charge is 0.317 e. The van der Waals surface area contributed by atoms with Crippen molar-refractivity contribution >= 4 is 17.8 Å². The minimum atomic E-state index is -0.0906. The predicted molar refractivity (Wildman–Crippen MR) is 107 cm³/mol. The van der Waals surface area contributed by atoms with E-state index in [0.29, 0.717) is 51.3 Å². The summed E-state index contributed by atoms with van der Waals surface area (Å²) in [5.74, 6) is 0.245. The quantitative estimate of drug-likeness (QED) is 0.757. The molecule has 1 aromatic carbocycles. The largest absolute Gasteiger partial charge is 0.343 e. The van der Waals surface area contributed by atoms with Crippen LogP contribution < -0.4 is 5.32 Å². The van der Waals surface area contributed by atoms with Crippen LogP contribution in [0.25, 0.3) is 0 Å². The van der Waals surface area contributed by atoms with Crippen LogP contribution in [0, 0.1) is 0 Å². The normalized spacial score (nSPS) is 17.2. The molecule has 0 radical (unpaired) electrons. The van der Waals surface area contributed by atoms with E-state index in [2.05, 4.69) is 12.2 Å². The number of carbonyl (C=O) groups is 3. The molecule has 2 aliphatic rings. The fourth-order valence-corrected chi connectivity index (χ4v) is 3.70. The van der Waals surface area contributed by atoms with Gasteiger partial charge in [0, 0.05) is 57.8 Å². The molecule has 28 heavy (non-hydrogen) atoms. The molecule has 2 aliphatic heterocycles. The maximum absolute atomic E-state index is 12.6. The highest BCUT2D eigenvalue weighted by Crippen LogP contribution is 2.12. The van der Waals surface area contributed by atoms with Gasteiger partial charge in [0.1, 0.15) is 0 Å². The molecule has 2 heterocycles. The highest BCUT2D eigenvalue weighted by Gasteiger charge is 2.25. The first kappa shape index (κ1) is 20.2. The third-order valence-electron chi connectivity index (χ3n) is 5.52. The summed E-state index contributed by atoms with van der Waals surface area (Å²) in [6, 6.07) is 7.66. The minimum Gasteiger partial charge on any atom is -0.343 e. The van der Waals surface area contributed by atoms with E-state index < -0.39 is 0 Å². The summed E-state index contributed by atoms with van der Waals surface area (Å²) < 4.78 is 0. The minimum absolute atomic E-state index is 0.0259. The van der Waals surface area contributed by atoms with Gasteiger partial charge in [0.05, 0.1) is 0 Å². The number of hydrogen-bond donors (Lipinski definition) is 1. The van der Waals surface area contributed by atoms with E-state index in [-0.39, 0.29) is 17.8 Å². The second kappa shape index (κ2) is 9.57. The number of benzene rings is 1. The molecule has 7 heteroatoms. The molecule has 7 nitrogen and oxygen atoms in total. The molecule has 0 aromatic heterocycles. The SMILES string of the molecule is CCc1ccc(C(=O)N2CCN(C(=O)NCCCN3CCCC3=O)CC2)cc1. The molecular weight excluding hydrogens is 356 g/mol. The summed E-state index contributed by atoms with van der Waals surface area (Å²) >= 11 is 0. The standard InChI is InChI=1S/C21H30N4O3/c1-2-17-6-8-18(9-7-17)20(27)24-13-15-25(16-14-24)21(28)22-10-4-12-23-11-3-5-19(23)26/h6-9H,2-5,10-16H2,1H3,(H,22,28). The number of aryl methyl sites for hydroxylation is 1. The van der Waals surface area contributed by atoms with Crippen LogP contribution in [-0.2, 0) is 11.2 Å². The summed E-state index contributed by atoms with van der Waals surface area (Å²) in [5.41, 5.74) is 1.92. The molecule has 4 amide bonds. The van der Waals surface area contributed by atoms with Crippen molar-refractivity contribution in [1.29, 1.82) is 0 Å². The lowest BCUT2D eigenvalue weighted by molar-refractivity contribution is -0.127. The van der Waals surface area contributed by atoms with E-state index in [1.54, 1.807) is 4.90 Å². The topological polar surface area (TPSA) is 73.0 Å². The van der Waals surface area contributed by atoms with Crippen LogP contribution in [-0.4, -0.2) is 78.4 Å². The molecule has 0 saturated carbocycles. The van der Waals surface area contributed by atoms with E-state index >= 15 is 0 Å². The van der Waals surface area contributed by atoms with Crippen molar-refractivity contribution in [2.45, 2.75) is 32.6 Å². The van der Waals surface area contributed by atoms with Gasteiger partial charge in [-0.3, -0.25) is 9.59 Å². The average Bonchev–Trinajstić information content (AvgIpc) is 3.15. The van der Waals surface area contributed by atoms with Crippen LogP contribution in [0.1, 0.15) is 42.1 Å². The van der Waals surface area contributed by atoms with E-state index in [0.717, 1.165) is 25.8 Å². The number of rotatable bonds is 6. The van der Waals surface area contributed by atoms with Crippen molar-refractivity contribution in [1.82, 2.24) is 20.0 Å². The second-order valence-electron chi connectivity index (χ2n) is 7.40. The maximum Gasteiger partial charge on any atom is 0.317 e. The van der Waals surface area contributed by atoms with Crippen LogP contribution in [0.3, 0.4) is 0 Å². The lowest BCUT2D eigenvalue weighted by atomic mass is 10.1. The Kier molecular flexibility index (Phi) is 6.90. The Hall–Kier alpha value is -2.57. The number of nitrogens with one attached hydrogen (secondary N) is 1. The maximum atomic E-state index is 12.6. The summed E-state index contributed by atoms with van der Waals surface area (Å²) in [5, 5.41) is 2.93. The van der Waals surface area contributed by atoms with Gasteiger partial charge in [0.15, 0.2) is 0 Å². The molecule has 0 bridgehead atoms. The lowest BCUT2D eigenvalue weighted by Gasteiger charge is -2.34. The summed E-state index contributed by atoms with van der Waals surface area (Å²) in [4.78, 5) is 41.9. The predicted octanol–water partition coefficient (Wildman–Crippen LogP) is 1.73. The highest BCUT2D eigenvalue weighted by atomic mass is 16.2. The molecule has 0 atom stereocenters. The number of urea groups is 1. The molecule has 1 N–H and O–H groups in total. The molecule has 0 unspecified atom stereocenters. The number of piperazine rings is 1. The Morgan fingerprint density at radius 1 is 1.00 bits per heavy atom. The van der Waals surface area contributed by atoms with Crippen molar-refractivity contribution < 1.29 is 14.4 Å². The van der Waals surface area contributed by atoms with Crippen molar-refractivity contribution in [3.63, 3.8) is 0 Å². The fraction of sp³-hybridized carbons (Fsp3) is 0.571. The number of carbonyl (C=O) groups excluding carboxylic acids is 3. The third kappa shape index (κ3) is 5.03. The van der Waals surface area contributed by atoms with E-state index in [1.165, 1.54) is 5.56 Å². The van der Waals surface area contributed by atoms with Crippen LogP contribution in [0.2, 0.25) is 0 Å². The third-order valence-corrected chi connectivity index (χ3v) is 5.52. The van der Waals surface area contributed by atoms with E-state index in [4.69, 9.17) is 0 Å². The number of likely N-dealkylation sites (tertiary alicyclic amines) is 1.